The molecule has 1 aromatic rings. The first-order chi connectivity index (χ1) is 8.91. The number of hydrogen-bond donors (Lipinski definition) is 1. The van der Waals surface area contributed by atoms with Crippen molar-refractivity contribution in [3.05, 3.63) is 30.1 Å². The monoisotopic (exact) mass is 269 g/mol. The third-order valence-electron chi connectivity index (χ3n) is 2.63. The van der Waals surface area contributed by atoms with Crippen LogP contribution in [0.5, 0.6) is 5.75 Å². The number of carbonyl (C=O) groups excluding carboxylic acids is 1. The Kier molecular flexibility index (Phi) is 5.29. The Hall–Kier alpha value is -2.11. The molecule has 5 nitrogen and oxygen atoms in total. The maximum absolute atomic E-state index is 12.6. The van der Waals surface area contributed by atoms with Crippen molar-refractivity contribution >= 4 is 11.9 Å². The summed E-state index contributed by atoms with van der Waals surface area (Å²) in [6.45, 7) is 1.80. The molecule has 0 aromatic heterocycles. The summed E-state index contributed by atoms with van der Waals surface area (Å²) in [7, 11) is 1.51. The zero-order valence-corrected chi connectivity index (χ0v) is 10.8. The number of carboxylic acids is 1. The Morgan fingerprint density at radius 2 is 1.95 bits per heavy atom. The topological polar surface area (TPSA) is 66.8 Å². The molecule has 0 saturated heterocycles. The fourth-order valence-corrected chi connectivity index (χ4v) is 1.38. The third-order valence-corrected chi connectivity index (χ3v) is 2.63. The molecule has 0 aliphatic heterocycles. The minimum absolute atomic E-state index is 0.209. The highest BCUT2D eigenvalue weighted by atomic mass is 19.1. The van der Waals surface area contributed by atoms with Gasteiger partial charge in [0, 0.05) is 7.05 Å². The van der Waals surface area contributed by atoms with Gasteiger partial charge in [0.1, 0.15) is 24.1 Å². The minimum atomic E-state index is -1.16. The van der Waals surface area contributed by atoms with E-state index in [1.54, 1.807) is 0 Å². The van der Waals surface area contributed by atoms with E-state index in [1.807, 2.05) is 0 Å². The van der Waals surface area contributed by atoms with Crippen molar-refractivity contribution in [2.24, 2.45) is 5.92 Å². The van der Waals surface area contributed by atoms with Crippen LogP contribution in [0.2, 0.25) is 0 Å². The van der Waals surface area contributed by atoms with Crippen molar-refractivity contribution in [2.45, 2.75) is 6.92 Å². The SMILES string of the molecule is CC(C(=O)O)C(=O)N(C)CCOc1ccc(F)cc1. The molecule has 0 aliphatic rings. The number of amides is 1. The minimum Gasteiger partial charge on any atom is -0.492 e. The van der Waals surface area contributed by atoms with E-state index >= 15 is 0 Å². The molecule has 6 heteroatoms. The number of nitrogens with zero attached hydrogens (tertiary/aromatic N) is 1. The van der Waals surface area contributed by atoms with Crippen LogP contribution in [-0.4, -0.2) is 42.1 Å². The molecular formula is C13H16FNO4. The summed E-state index contributed by atoms with van der Waals surface area (Å²) in [6, 6.07) is 5.52. The molecule has 0 heterocycles. The highest BCUT2D eigenvalue weighted by Crippen LogP contribution is 2.11. The molecule has 1 rings (SSSR count). The lowest BCUT2D eigenvalue weighted by Crippen LogP contribution is -2.37. The van der Waals surface area contributed by atoms with E-state index in [1.165, 1.54) is 43.1 Å². The van der Waals surface area contributed by atoms with E-state index in [0.717, 1.165) is 0 Å². The molecule has 0 aliphatic carbocycles. The Bertz CT molecular complexity index is 446. The van der Waals surface area contributed by atoms with E-state index < -0.39 is 17.8 Å². The molecule has 1 amide bonds. The van der Waals surface area contributed by atoms with Crippen molar-refractivity contribution in [2.75, 3.05) is 20.2 Å². The number of benzene rings is 1. The van der Waals surface area contributed by atoms with Crippen LogP contribution in [0.25, 0.3) is 0 Å². The second-order valence-electron chi connectivity index (χ2n) is 4.12. The van der Waals surface area contributed by atoms with Gasteiger partial charge in [-0.3, -0.25) is 9.59 Å². The van der Waals surface area contributed by atoms with Crippen LogP contribution in [0.4, 0.5) is 4.39 Å². The van der Waals surface area contributed by atoms with Crippen molar-refractivity contribution < 1.29 is 23.8 Å². The molecule has 104 valence electrons. The number of aliphatic carboxylic acids is 1. The van der Waals surface area contributed by atoms with E-state index in [0.29, 0.717) is 5.75 Å². The maximum Gasteiger partial charge on any atom is 0.315 e. The number of likely N-dealkylation sites (N-methyl/N-ethyl adjacent to an activating group) is 1. The molecule has 1 atom stereocenters. The fraction of sp³-hybridized carbons (Fsp3) is 0.385. The molecule has 1 unspecified atom stereocenters. The zero-order chi connectivity index (χ0) is 14.4. The molecular weight excluding hydrogens is 253 g/mol. The highest BCUT2D eigenvalue weighted by molar-refractivity contribution is 5.96. The van der Waals surface area contributed by atoms with Gasteiger partial charge in [-0.25, -0.2) is 4.39 Å². The van der Waals surface area contributed by atoms with E-state index in [9.17, 15) is 14.0 Å². The van der Waals surface area contributed by atoms with Gasteiger partial charge in [0.15, 0.2) is 0 Å². The molecule has 0 radical (unpaired) electrons. The van der Waals surface area contributed by atoms with Crippen molar-refractivity contribution in [1.82, 2.24) is 4.90 Å². The van der Waals surface area contributed by atoms with Gasteiger partial charge in [-0.05, 0) is 31.2 Å². The average Bonchev–Trinajstić information content (AvgIpc) is 2.39. The lowest BCUT2D eigenvalue weighted by Gasteiger charge is -2.19. The van der Waals surface area contributed by atoms with Gasteiger partial charge in [-0.1, -0.05) is 0 Å². The summed E-state index contributed by atoms with van der Waals surface area (Å²) in [6.07, 6.45) is 0. The van der Waals surface area contributed by atoms with Gasteiger partial charge in [0.05, 0.1) is 6.54 Å². The Morgan fingerprint density at radius 1 is 1.37 bits per heavy atom. The highest BCUT2D eigenvalue weighted by Gasteiger charge is 2.23. The van der Waals surface area contributed by atoms with Crippen molar-refractivity contribution in [3.8, 4) is 5.75 Å². The summed E-state index contributed by atoms with van der Waals surface area (Å²) < 4.78 is 18.0. The van der Waals surface area contributed by atoms with Crippen molar-refractivity contribution in [3.63, 3.8) is 0 Å². The smallest absolute Gasteiger partial charge is 0.315 e. The second kappa shape index (κ2) is 6.72. The maximum atomic E-state index is 12.6. The molecule has 1 N–H and O–H groups in total. The van der Waals surface area contributed by atoms with E-state index in [-0.39, 0.29) is 19.0 Å². The molecule has 1 aromatic carbocycles. The lowest BCUT2D eigenvalue weighted by molar-refractivity contribution is -0.149. The molecule has 0 saturated carbocycles. The molecule has 19 heavy (non-hydrogen) atoms. The van der Waals surface area contributed by atoms with Gasteiger partial charge in [0.2, 0.25) is 5.91 Å². The van der Waals surface area contributed by atoms with Crippen LogP contribution in [0.3, 0.4) is 0 Å². The standard InChI is InChI=1S/C13H16FNO4/c1-9(13(17)18)12(16)15(2)7-8-19-11-5-3-10(14)4-6-11/h3-6,9H,7-8H2,1-2H3,(H,17,18). The Labute approximate surface area is 110 Å². The Balaban J connectivity index is 2.38. The van der Waals surface area contributed by atoms with Crippen LogP contribution in [0, 0.1) is 11.7 Å². The molecule has 0 bridgehead atoms. The first-order valence-corrected chi connectivity index (χ1v) is 5.78. The number of halogens is 1. The first-order valence-electron chi connectivity index (χ1n) is 5.78. The second-order valence-corrected chi connectivity index (χ2v) is 4.12. The predicted octanol–water partition coefficient (Wildman–Crippen LogP) is 1.38. The summed E-state index contributed by atoms with van der Waals surface area (Å²) >= 11 is 0. The summed E-state index contributed by atoms with van der Waals surface area (Å²) in [5.41, 5.74) is 0. The van der Waals surface area contributed by atoms with Gasteiger partial charge in [-0.2, -0.15) is 0 Å². The third kappa shape index (κ3) is 4.57. The quantitative estimate of drug-likeness (QED) is 0.792. The summed E-state index contributed by atoms with van der Waals surface area (Å²) in [5, 5.41) is 8.72. The molecule has 0 fully saturated rings. The Morgan fingerprint density at radius 3 is 2.47 bits per heavy atom. The van der Waals surface area contributed by atoms with E-state index in [4.69, 9.17) is 9.84 Å². The fourth-order valence-electron chi connectivity index (χ4n) is 1.38. The van der Waals surface area contributed by atoms with Crippen LogP contribution < -0.4 is 4.74 Å². The zero-order valence-electron chi connectivity index (χ0n) is 10.8. The summed E-state index contributed by atoms with van der Waals surface area (Å²) in [4.78, 5) is 23.6. The van der Waals surface area contributed by atoms with Crippen LogP contribution in [-0.2, 0) is 9.59 Å². The van der Waals surface area contributed by atoms with Gasteiger partial charge in [-0.15, -0.1) is 0 Å². The van der Waals surface area contributed by atoms with Crippen molar-refractivity contribution in [1.29, 1.82) is 0 Å². The first kappa shape index (κ1) is 14.9. The number of carboxylic acid groups (broad SMARTS) is 1. The number of rotatable bonds is 6. The number of hydrogen-bond acceptors (Lipinski definition) is 3. The van der Waals surface area contributed by atoms with Crippen LogP contribution in [0.15, 0.2) is 24.3 Å². The summed E-state index contributed by atoms with van der Waals surface area (Å²) in [5.74, 6) is -2.56. The predicted molar refractivity (Wildman–Crippen MR) is 66.3 cm³/mol. The van der Waals surface area contributed by atoms with Crippen LogP contribution in [0.1, 0.15) is 6.92 Å². The van der Waals surface area contributed by atoms with Gasteiger partial charge in [0.25, 0.3) is 0 Å². The lowest BCUT2D eigenvalue weighted by atomic mass is 10.1. The van der Waals surface area contributed by atoms with Gasteiger partial charge >= 0.3 is 5.97 Å². The number of ether oxygens (including phenoxy) is 1. The molecule has 0 spiro atoms. The van der Waals surface area contributed by atoms with E-state index in [2.05, 4.69) is 0 Å². The van der Waals surface area contributed by atoms with Gasteiger partial charge < -0.3 is 14.7 Å². The normalized spacial score (nSPS) is 11.7. The van der Waals surface area contributed by atoms with Crippen LogP contribution >= 0.6 is 0 Å². The number of carbonyl (C=O) groups is 2. The average molecular weight is 269 g/mol. The largest absolute Gasteiger partial charge is 0.492 e.